The summed E-state index contributed by atoms with van der Waals surface area (Å²) < 4.78 is 1.35. The smallest absolute Gasteiger partial charge is 0.263 e. The molecule has 152 valence electrons. The average Bonchev–Trinajstić information content (AvgIpc) is 3.17. The highest BCUT2D eigenvalue weighted by Crippen LogP contribution is 2.31. The van der Waals surface area contributed by atoms with E-state index in [2.05, 4.69) is 10.3 Å². The van der Waals surface area contributed by atoms with E-state index in [4.69, 9.17) is 23.2 Å². The van der Waals surface area contributed by atoms with Crippen molar-refractivity contribution in [3.63, 3.8) is 0 Å². The number of nitrogens with one attached hydrogen (secondary N) is 1. The number of anilines is 1. The summed E-state index contributed by atoms with van der Waals surface area (Å²) in [4.78, 5) is 31.1. The lowest BCUT2D eigenvalue weighted by atomic mass is 10.1. The third-order valence-electron chi connectivity index (χ3n) is 5.00. The number of fused-ring (bicyclic) bond motifs is 1. The van der Waals surface area contributed by atoms with Crippen molar-refractivity contribution in [2.75, 3.05) is 5.32 Å². The first-order valence-electron chi connectivity index (χ1n) is 9.17. The number of amides is 1. The summed E-state index contributed by atoms with van der Waals surface area (Å²) in [7, 11) is 0. The van der Waals surface area contributed by atoms with Gasteiger partial charge in [-0.2, -0.15) is 0 Å². The Morgan fingerprint density at radius 2 is 1.90 bits per heavy atom. The van der Waals surface area contributed by atoms with Crippen molar-refractivity contribution in [3.8, 4) is 11.1 Å². The van der Waals surface area contributed by atoms with Gasteiger partial charge < -0.3 is 5.32 Å². The van der Waals surface area contributed by atoms with Crippen molar-refractivity contribution in [3.05, 3.63) is 80.1 Å². The Morgan fingerprint density at radius 1 is 1.17 bits per heavy atom. The third kappa shape index (κ3) is 3.74. The molecule has 4 rings (SSSR count). The molecule has 1 unspecified atom stereocenters. The van der Waals surface area contributed by atoms with Gasteiger partial charge in [0.15, 0.2) is 0 Å². The Labute approximate surface area is 186 Å². The summed E-state index contributed by atoms with van der Waals surface area (Å²) in [6.07, 6.45) is 1.42. The molecule has 30 heavy (non-hydrogen) atoms. The van der Waals surface area contributed by atoms with Gasteiger partial charge in [0.05, 0.1) is 11.7 Å². The summed E-state index contributed by atoms with van der Waals surface area (Å²) >= 11 is 13.5. The molecule has 1 atom stereocenters. The highest BCUT2D eigenvalue weighted by molar-refractivity contribution is 7.17. The van der Waals surface area contributed by atoms with Crippen LogP contribution in [-0.2, 0) is 4.79 Å². The summed E-state index contributed by atoms with van der Waals surface area (Å²) in [6, 6.07) is 11.8. The summed E-state index contributed by atoms with van der Waals surface area (Å²) in [6.45, 7) is 3.49. The fourth-order valence-corrected chi connectivity index (χ4v) is 4.38. The number of nitrogens with zero attached hydrogens (tertiary/aromatic N) is 2. The van der Waals surface area contributed by atoms with Crippen LogP contribution in [0.25, 0.3) is 21.3 Å². The zero-order valence-electron chi connectivity index (χ0n) is 16.1. The number of thiophene rings is 1. The predicted octanol–water partition coefficient (Wildman–Crippen LogP) is 5.94. The summed E-state index contributed by atoms with van der Waals surface area (Å²) in [5.74, 6) is -0.327. The molecule has 0 aliphatic heterocycles. The van der Waals surface area contributed by atoms with Gasteiger partial charge in [-0.15, -0.1) is 11.3 Å². The first-order chi connectivity index (χ1) is 14.4. The molecular formula is C22H17Cl2N3O2S. The lowest BCUT2D eigenvalue weighted by Crippen LogP contribution is -2.31. The van der Waals surface area contributed by atoms with Crippen molar-refractivity contribution >= 4 is 56.3 Å². The van der Waals surface area contributed by atoms with Crippen molar-refractivity contribution in [2.24, 2.45) is 0 Å². The molecule has 0 fully saturated rings. The number of aromatic nitrogens is 2. The Kier molecular flexibility index (Phi) is 5.64. The molecule has 1 N–H and O–H groups in total. The van der Waals surface area contributed by atoms with Gasteiger partial charge in [0.25, 0.3) is 5.56 Å². The second kappa shape index (κ2) is 8.22. The van der Waals surface area contributed by atoms with Crippen molar-refractivity contribution in [2.45, 2.75) is 19.9 Å². The summed E-state index contributed by atoms with van der Waals surface area (Å²) in [5.41, 5.74) is 2.75. The molecule has 2 aromatic carbocycles. The molecule has 2 aromatic heterocycles. The van der Waals surface area contributed by atoms with Crippen LogP contribution in [0, 0.1) is 6.92 Å². The molecule has 2 heterocycles. The van der Waals surface area contributed by atoms with E-state index in [0.717, 1.165) is 16.7 Å². The van der Waals surface area contributed by atoms with Gasteiger partial charge in [-0.05, 0) is 49.2 Å². The molecule has 8 heteroatoms. The van der Waals surface area contributed by atoms with Crippen LogP contribution in [0.5, 0.6) is 0 Å². The lowest BCUT2D eigenvalue weighted by Gasteiger charge is -2.16. The fraction of sp³-hybridized carbons (Fsp3) is 0.136. The number of carbonyl (C=O) groups is 1. The second-order valence-corrected chi connectivity index (χ2v) is 8.57. The quantitative estimate of drug-likeness (QED) is 0.412. The number of hydrogen-bond acceptors (Lipinski definition) is 4. The summed E-state index contributed by atoms with van der Waals surface area (Å²) in [5, 5.41) is 6.42. The largest absolute Gasteiger partial charge is 0.324 e. The number of hydrogen-bond donors (Lipinski definition) is 1. The van der Waals surface area contributed by atoms with E-state index in [0.29, 0.717) is 25.9 Å². The minimum Gasteiger partial charge on any atom is -0.324 e. The van der Waals surface area contributed by atoms with E-state index in [1.165, 1.54) is 22.2 Å². The standard InChI is InChI=1S/C22H17Cl2N3O2S/c1-12-17(24)4-3-5-18(12)26-20(28)13(2)27-11-25-21-19(22(27)29)16(10-30-21)14-6-8-15(23)9-7-14/h3-11,13H,1-2H3,(H,26,28). The number of carbonyl (C=O) groups excluding carboxylic acids is 1. The Balaban J connectivity index is 1.72. The van der Waals surface area contributed by atoms with Gasteiger partial charge in [-0.3, -0.25) is 14.2 Å². The average molecular weight is 458 g/mol. The topological polar surface area (TPSA) is 64.0 Å². The van der Waals surface area contributed by atoms with E-state index < -0.39 is 6.04 Å². The normalized spacial score (nSPS) is 12.1. The zero-order valence-corrected chi connectivity index (χ0v) is 18.5. The van der Waals surface area contributed by atoms with Crippen LogP contribution in [0.3, 0.4) is 0 Å². The van der Waals surface area contributed by atoms with E-state index >= 15 is 0 Å². The van der Waals surface area contributed by atoms with Gasteiger partial charge >= 0.3 is 0 Å². The maximum atomic E-state index is 13.3. The Bertz CT molecular complexity index is 1310. The van der Waals surface area contributed by atoms with Crippen LogP contribution in [0.1, 0.15) is 18.5 Å². The highest BCUT2D eigenvalue weighted by atomic mass is 35.5. The van der Waals surface area contributed by atoms with Crippen LogP contribution < -0.4 is 10.9 Å². The first-order valence-corrected chi connectivity index (χ1v) is 10.8. The highest BCUT2D eigenvalue weighted by Gasteiger charge is 2.21. The number of benzene rings is 2. The van der Waals surface area contributed by atoms with E-state index in [9.17, 15) is 9.59 Å². The van der Waals surface area contributed by atoms with Crippen LogP contribution in [0.2, 0.25) is 10.0 Å². The van der Waals surface area contributed by atoms with Gasteiger partial charge in [0, 0.05) is 26.7 Å². The molecule has 1 amide bonds. The van der Waals surface area contributed by atoms with Crippen LogP contribution in [0.15, 0.2) is 59.0 Å². The Hall–Kier alpha value is -2.67. The molecule has 0 saturated carbocycles. The maximum absolute atomic E-state index is 13.3. The maximum Gasteiger partial charge on any atom is 0.263 e. The third-order valence-corrected chi connectivity index (χ3v) is 6.54. The zero-order chi connectivity index (χ0) is 21.4. The Morgan fingerprint density at radius 3 is 2.63 bits per heavy atom. The van der Waals surface area contributed by atoms with Crippen LogP contribution in [-0.4, -0.2) is 15.5 Å². The molecule has 0 aliphatic carbocycles. The molecule has 0 bridgehead atoms. The van der Waals surface area contributed by atoms with Crippen molar-refractivity contribution in [1.29, 1.82) is 0 Å². The molecule has 0 radical (unpaired) electrons. The van der Waals surface area contributed by atoms with Crippen LogP contribution >= 0.6 is 34.5 Å². The molecule has 5 nitrogen and oxygen atoms in total. The molecule has 4 aromatic rings. The predicted molar refractivity (Wildman–Crippen MR) is 124 cm³/mol. The molecule has 0 saturated heterocycles. The van der Waals surface area contributed by atoms with Gasteiger partial charge in [-0.1, -0.05) is 41.4 Å². The minimum absolute atomic E-state index is 0.267. The monoisotopic (exact) mass is 457 g/mol. The first kappa shape index (κ1) is 20.6. The number of rotatable bonds is 4. The van der Waals surface area contributed by atoms with E-state index in [-0.39, 0.29) is 11.5 Å². The fourth-order valence-electron chi connectivity index (χ4n) is 3.17. The van der Waals surface area contributed by atoms with E-state index in [1.807, 2.05) is 24.4 Å². The van der Waals surface area contributed by atoms with Gasteiger partial charge in [0.2, 0.25) is 5.91 Å². The SMILES string of the molecule is Cc1c(Cl)cccc1NC(=O)C(C)n1cnc2scc(-c3ccc(Cl)cc3)c2c1=O. The number of halogens is 2. The molecular weight excluding hydrogens is 441 g/mol. The molecule has 0 aliphatic rings. The minimum atomic E-state index is -0.759. The van der Waals surface area contributed by atoms with Crippen molar-refractivity contribution in [1.82, 2.24) is 9.55 Å². The van der Waals surface area contributed by atoms with Crippen molar-refractivity contribution < 1.29 is 4.79 Å². The van der Waals surface area contributed by atoms with Crippen LogP contribution in [0.4, 0.5) is 5.69 Å². The lowest BCUT2D eigenvalue weighted by molar-refractivity contribution is -0.118. The van der Waals surface area contributed by atoms with Gasteiger partial charge in [-0.25, -0.2) is 4.98 Å². The van der Waals surface area contributed by atoms with Gasteiger partial charge in [0.1, 0.15) is 10.9 Å². The molecule has 0 spiro atoms. The second-order valence-electron chi connectivity index (χ2n) is 6.87. The van der Waals surface area contributed by atoms with E-state index in [1.54, 1.807) is 37.3 Å².